The monoisotopic (exact) mass is 343 g/mol. The van der Waals surface area contributed by atoms with Gasteiger partial charge in [-0.25, -0.2) is 0 Å². The Labute approximate surface area is 152 Å². The molecule has 1 N–H and O–H groups in total. The van der Waals surface area contributed by atoms with Gasteiger partial charge < -0.3 is 10.2 Å². The molecule has 1 atom stereocenters. The number of fused-ring (bicyclic) bond motifs is 1. The minimum atomic E-state index is 0.142. The van der Waals surface area contributed by atoms with E-state index in [0.717, 1.165) is 31.7 Å². The van der Waals surface area contributed by atoms with E-state index in [0.29, 0.717) is 12.0 Å². The molecule has 4 nitrogen and oxygen atoms in total. The maximum Gasteiger partial charge on any atom is 0.223 e. The van der Waals surface area contributed by atoms with Gasteiger partial charge in [0.05, 0.1) is 0 Å². The first-order valence-corrected chi connectivity index (χ1v) is 9.66. The highest BCUT2D eigenvalue weighted by Crippen LogP contribution is 2.32. The van der Waals surface area contributed by atoms with Gasteiger partial charge in [-0.2, -0.15) is 0 Å². The number of rotatable bonds is 2. The topological polar surface area (TPSA) is 35.6 Å². The molecule has 0 spiro atoms. The molecule has 1 saturated heterocycles. The molecule has 0 saturated carbocycles. The maximum atomic E-state index is 11.9. The molecule has 2 aliphatic heterocycles. The van der Waals surface area contributed by atoms with Crippen molar-refractivity contribution in [1.82, 2.24) is 4.90 Å². The lowest BCUT2D eigenvalue weighted by Crippen LogP contribution is -2.48. The van der Waals surface area contributed by atoms with Gasteiger partial charge in [-0.15, -0.1) is 0 Å². The maximum absolute atomic E-state index is 11.9. The Morgan fingerprint density at radius 1 is 1.20 bits per heavy atom. The lowest BCUT2D eigenvalue weighted by atomic mass is 9.93. The Hall–Kier alpha value is -1.55. The summed E-state index contributed by atoms with van der Waals surface area (Å²) in [6.45, 7) is 13.9. The van der Waals surface area contributed by atoms with Crippen molar-refractivity contribution in [2.45, 2.75) is 65.5 Å². The van der Waals surface area contributed by atoms with Crippen molar-refractivity contribution in [2.24, 2.45) is 5.92 Å². The average Bonchev–Trinajstić information content (AvgIpc) is 2.53. The number of piperidine rings is 1. The van der Waals surface area contributed by atoms with Gasteiger partial charge in [0, 0.05) is 49.5 Å². The van der Waals surface area contributed by atoms with Gasteiger partial charge in [-0.3, -0.25) is 9.69 Å². The van der Waals surface area contributed by atoms with Crippen LogP contribution in [0.5, 0.6) is 0 Å². The first-order chi connectivity index (χ1) is 11.7. The molecule has 2 heterocycles. The summed E-state index contributed by atoms with van der Waals surface area (Å²) in [7, 11) is 0. The van der Waals surface area contributed by atoms with E-state index in [9.17, 15) is 4.79 Å². The van der Waals surface area contributed by atoms with Crippen molar-refractivity contribution in [3.63, 3.8) is 0 Å². The largest absolute Gasteiger partial charge is 0.382 e. The third kappa shape index (κ3) is 4.17. The fourth-order valence-electron chi connectivity index (χ4n) is 4.18. The minimum absolute atomic E-state index is 0.142. The van der Waals surface area contributed by atoms with E-state index in [1.54, 1.807) is 6.92 Å². The number of benzene rings is 1. The number of carbonyl (C=O) groups excluding carboxylic acids is 1. The van der Waals surface area contributed by atoms with Crippen LogP contribution < -0.4 is 10.2 Å². The Morgan fingerprint density at radius 3 is 2.48 bits per heavy atom. The van der Waals surface area contributed by atoms with Crippen LogP contribution in [0.15, 0.2) is 18.2 Å². The van der Waals surface area contributed by atoms with Crippen molar-refractivity contribution < 1.29 is 4.79 Å². The first-order valence-electron chi connectivity index (χ1n) is 9.66. The molecule has 1 unspecified atom stereocenters. The molecule has 25 heavy (non-hydrogen) atoms. The van der Waals surface area contributed by atoms with E-state index in [-0.39, 0.29) is 11.4 Å². The van der Waals surface area contributed by atoms with Crippen molar-refractivity contribution in [3.05, 3.63) is 23.8 Å². The summed E-state index contributed by atoms with van der Waals surface area (Å²) in [4.78, 5) is 16.4. The fourth-order valence-corrected chi connectivity index (χ4v) is 4.18. The number of anilines is 2. The summed E-state index contributed by atoms with van der Waals surface area (Å²) >= 11 is 0. The van der Waals surface area contributed by atoms with Gasteiger partial charge in [0.15, 0.2) is 0 Å². The number of carbonyl (C=O) groups is 1. The molecule has 0 aromatic heterocycles. The number of amides is 1. The van der Waals surface area contributed by atoms with Gasteiger partial charge in [-0.1, -0.05) is 6.92 Å². The third-order valence-corrected chi connectivity index (χ3v) is 5.63. The Morgan fingerprint density at radius 2 is 1.88 bits per heavy atom. The van der Waals surface area contributed by atoms with Crippen LogP contribution in [0.25, 0.3) is 0 Å². The van der Waals surface area contributed by atoms with E-state index in [4.69, 9.17) is 0 Å². The fraction of sp³-hybridized carbons (Fsp3) is 0.667. The highest BCUT2D eigenvalue weighted by Gasteiger charge is 2.28. The highest BCUT2D eigenvalue weighted by molar-refractivity contribution is 5.93. The van der Waals surface area contributed by atoms with Crippen molar-refractivity contribution >= 4 is 17.3 Å². The van der Waals surface area contributed by atoms with Crippen LogP contribution in [0.3, 0.4) is 0 Å². The molecule has 2 aliphatic rings. The minimum Gasteiger partial charge on any atom is -0.382 e. The lowest BCUT2D eigenvalue weighted by Gasteiger charge is -2.41. The van der Waals surface area contributed by atoms with Gasteiger partial charge >= 0.3 is 0 Å². The number of hydrogen-bond donors (Lipinski definition) is 1. The lowest BCUT2D eigenvalue weighted by molar-refractivity contribution is -0.116. The molecule has 4 heteroatoms. The van der Waals surface area contributed by atoms with Crippen LogP contribution in [0.4, 0.5) is 11.4 Å². The number of likely N-dealkylation sites (tertiary alicyclic amines) is 1. The van der Waals surface area contributed by atoms with Crippen molar-refractivity contribution in [3.8, 4) is 0 Å². The van der Waals surface area contributed by atoms with E-state index in [2.05, 4.69) is 56.1 Å². The van der Waals surface area contributed by atoms with Crippen molar-refractivity contribution in [2.75, 3.05) is 29.9 Å². The molecule has 138 valence electrons. The van der Waals surface area contributed by atoms with Crippen LogP contribution in [-0.4, -0.2) is 42.0 Å². The van der Waals surface area contributed by atoms with E-state index in [1.807, 2.05) is 4.90 Å². The zero-order chi connectivity index (χ0) is 18.2. The molecule has 0 bridgehead atoms. The van der Waals surface area contributed by atoms with Crippen LogP contribution in [0.1, 0.15) is 53.0 Å². The molecule has 0 aliphatic carbocycles. The SMILES string of the molecule is CC(=O)N1CC(C)Cc2cc(NC3CCN(C(C)(C)C)CC3)ccc21. The normalized spacial score (nSPS) is 22.6. The quantitative estimate of drug-likeness (QED) is 0.884. The second kappa shape index (κ2) is 6.99. The molecule has 1 fully saturated rings. The Bertz CT molecular complexity index is 627. The van der Waals surface area contributed by atoms with Gasteiger partial charge in [0.25, 0.3) is 0 Å². The summed E-state index contributed by atoms with van der Waals surface area (Å²) < 4.78 is 0. The molecule has 1 aromatic rings. The number of hydrogen-bond acceptors (Lipinski definition) is 3. The van der Waals surface area contributed by atoms with E-state index in [1.165, 1.54) is 24.1 Å². The molecular formula is C21H33N3O. The Kier molecular flexibility index (Phi) is 5.10. The standard InChI is InChI=1S/C21H33N3O/c1-15-12-17-13-19(6-7-20(17)24(14-15)16(2)25)22-18-8-10-23(11-9-18)21(3,4)5/h6-7,13,15,18,22H,8-12,14H2,1-5H3. The molecule has 1 amide bonds. The van der Waals surface area contributed by atoms with Gasteiger partial charge in [-0.05, 0) is 69.7 Å². The molecule has 3 rings (SSSR count). The molecular weight excluding hydrogens is 310 g/mol. The average molecular weight is 344 g/mol. The first kappa shape index (κ1) is 18.2. The molecule has 0 radical (unpaired) electrons. The van der Waals surface area contributed by atoms with Crippen molar-refractivity contribution in [1.29, 1.82) is 0 Å². The summed E-state index contributed by atoms with van der Waals surface area (Å²) in [6.07, 6.45) is 3.42. The van der Waals surface area contributed by atoms with E-state index >= 15 is 0 Å². The second-order valence-corrected chi connectivity index (χ2v) is 8.86. The van der Waals surface area contributed by atoms with Gasteiger partial charge in [0.1, 0.15) is 0 Å². The van der Waals surface area contributed by atoms with E-state index < -0.39 is 0 Å². The van der Waals surface area contributed by atoms with Crippen LogP contribution >= 0.6 is 0 Å². The Balaban J connectivity index is 1.67. The van der Waals surface area contributed by atoms with Crippen LogP contribution in [0, 0.1) is 5.92 Å². The van der Waals surface area contributed by atoms with Crippen LogP contribution in [0.2, 0.25) is 0 Å². The van der Waals surface area contributed by atoms with Crippen LogP contribution in [-0.2, 0) is 11.2 Å². The summed E-state index contributed by atoms with van der Waals surface area (Å²) in [5.74, 6) is 0.657. The third-order valence-electron chi connectivity index (χ3n) is 5.63. The predicted octanol–water partition coefficient (Wildman–Crippen LogP) is 3.91. The van der Waals surface area contributed by atoms with Gasteiger partial charge in [0.2, 0.25) is 5.91 Å². The zero-order valence-electron chi connectivity index (χ0n) is 16.4. The second-order valence-electron chi connectivity index (χ2n) is 8.86. The number of nitrogens with zero attached hydrogens (tertiary/aromatic N) is 2. The summed E-state index contributed by atoms with van der Waals surface area (Å²) in [6, 6.07) is 7.06. The summed E-state index contributed by atoms with van der Waals surface area (Å²) in [5, 5.41) is 3.73. The predicted molar refractivity (Wildman–Crippen MR) is 105 cm³/mol. The molecule has 1 aromatic carbocycles. The smallest absolute Gasteiger partial charge is 0.223 e. The summed E-state index contributed by atoms with van der Waals surface area (Å²) in [5.41, 5.74) is 3.86. The highest BCUT2D eigenvalue weighted by atomic mass is 16.2. The number of nitrogens with one attached hydrogen (secondary N) is 1. The zero-order valence-corrected chi connectivity index (χ0v) is 16.4.